The Balaban J connectivity index is 0. The van der Waals surface area contributed by atoms with Crippen molar-refractivity contribution in [3.8, 4) is 6.07 Å². The fourth-order valence-electron chi connectivity index (χ4n) is 0.819. The van der Waals surface area contributed by atoms with Gasteiger partial charge in [-0.25, -0.2) is 0 Å². The molecule has 0 aromatic rings. The Morgan fingerprint density at radius 3 is 2.43 bits per heavy atom. The summed E-state index contributed by atoms with van der Waals surface area (Å²) in [6.07, 6.45) is 0.584. The maximum Gasteiger partial charge on any atom is 0.306 e. The average molecular weight is 199 g/mol. The summed E-state index contributed by atoms with van der Waals surface area (Å²) in [5, 5.41) is 8.72. The number of carbonyl (C=O) groups excluding carboxylic acids is 2. The van der Waals surface area contributed by atoms with Gasteiger partial charge in [0.1, 0.15) is 6.29 Å². The summed E-state index contributed by atoms with van der Waals surface area (Å²) in [7, 11) is 1.25. The lowest BCUT2D eigenvalue weighted by molar-refractivity contribution is -0.143. The number of rotatable bonds is 4. The Labute approximate surface area is 84.9 Å². The molecule has 0 aliphatic carbocycles. The zero-order valence-electron chi connectivity index (χ0n) is 8.03. The lowest BCUT2D eigenvalue weighted by atomic mass is 9.79. The smallest absolute Gasteiger partial charge is 0.306 e. The summed E-state index contributed by atoms with van der Waals surface area (Å²) >= 11 is 0. The van der Waals surface area contributed by atoms with Gasteiger partial charge in [0.25, 0.3) is 0 Å². The third-order valence-electron chi connectivity index (χ3n) is 1.99. The molecule has 4 nitrogen and oxygen atoms in total. The van der Waals surface area contributed by atoms with Crippen LogP contribution in [0.25, 0.3) is 0 Å². The number of ether oxygens (including phenoxy) is 1. The molecule has 0 N–H and O–H groups in total. The normalized spacial score (nSPS) is 11.9. The lowest BCUT2D eigenvalue weighted by Gasteiger charge is -2.21. The molecular weight excluding hydrogens is 182 g/mol. The van der Waals surface area contributed by atoms with Crippen molar-refractivity contribution >= 4 is 12.3 Å². The van der Waals surface area contributed by atoms with Gasteiger partial charge in [0.15, 0.2) is 0 Å². The van der Waals surface area contributed by atoms with Gasteiger partial charge < -0.3 is 9.53 Å². The quantitative estimate of drug-likeness (QED) is 0.509. The standard InChI is InChI=1S/C9H13NO3.CH4/c1-9(2,6-10)7(5-11)4-8(12)13-3;/h5,7H,4H2,1-3H3;1H4. The first-order valence-electron chi connectivity index (χ1n) is 3.91. The number of nitrogens with zero attached hydrogens (tertiary/aromatic N) is 1. The molecule has 80 valence electrons. The van der Waals surface area contributed by atoms with Crippen molar-refractivity contribution in [2.45, 2.75) is 27.7 Å². The predicted octanol–water partition coefficient (Wildman–Crippen LogP) is 1.55. The van der Waals surface area contributed by atoms with Gasteiger partial charge in [0.2, 0.25) is 0 Å². The summed E-state index contributed by atoms with van der Waals surface area (Å²) in [6, 6.07) is 1.98. The van der Waals surface area contributed by atoms with Crippen molar-refractivity contribution in [3.05, 3.63) is 0 Å². The summed E-state index contributed by atoms with van der Waals surface area (Å²) in [6.45, 7) is 3.24. The largest absolute Gasteiger partial charge is 0.469 e. The van der Waals surface area contributed by atoms with Crippen LogP contribution >= 0.6 is 0 Å². The van der Waals surface area contributed by atoms with Gasteiger partial charge in [-0.1, -0.05) is 7.43 Å². The van der Waals surface area contributed by atoms with Gasteiger partial charge in [0, 0.05) is 5.92 Å². The zero-order chi connectivity index (χ0) is 10.5. The molecule has 0 radical (unpaired) electrons. The van der Waals surface area contributed by atoms with E-state index in [1.54, 1.807) is 13.8 Å². The molecule has 0 amide bonds. The maximum atomic E-state index is 10.9. The summed E-state index contributed by atoms with van der Waals surface area (Å²) in [5.41, 5.74) is -0.823. The number of nitriles is 1. The molecule has 0 aliphatic rings. The Kier molecular flexibility index (Phi) is 6.63. The van der Waals surface area contributed by atoms with Crippen LogP contribution in [0.5, 0.6) is 0 Å². The highest BCUT2D eigenvalue weighted by atomic mass is 16.5. The van der Waals surface area contributed by atoms with Crippen molar-refractivity contribution in [1.82, 2.24) is 0 Å². The summed E-state index contributed by atoms with van der Waals surface area (Å²) in [5.74, 6) is -1.08. The van der Waals surface area contributed by atoms with E-state index < -0.39 is 17.3 Å². The molecule has 0 bridgehead atoms. The summed E-state index contributed by atoms with van der Waals surface area (Å²) < 4.78 is 4.41. The van der Waals surface area contributed by atoms with Crippen molar-refractivity contribution in [3.63, 3.8) is 0 Å². The Morgan fingerprint density at radius 1 is 1.64 bits per heavy atom. The van der Waals surface area contributed by atoms with E-state index in [1.165, 1.54) is 7.11 Å². The van der Waals surface area contributed by atoms with E-state index in [0.717, 1.165) is 0 Å². The van der Waals surface area contributed by atoms with E-state index in [2.05, 4.69) is 4.74 Å². The molecule has 1 atom stereocenters. The van der Waals surface area contributed by atoms with Gasteiger partial charge in [-0.05, 0) is 13.8 Å². The van der Waals surface area contributed by atoms with E-state index in [0.29, 0.717) is 6.29 Å². The lowest BCUT2D eigenvalue weighted by Crippen LogP contribution is -2.26. The minimum absolute atomic E-state index is 0. The molecule has 0 heterocycles. The van der Waals surface area contributed by atoms with Crippen LogP contribution in [0, 0.1) is 22.7 Å². The van der Waals surface area contributed by atoms with Crippen molar-refractivity contribution in [2.24, 2.45) is 11.3 Å². The second kappa shape index (κ2) is 6.14. The van der Waals surface area contributed by atoms with Crippen molar-refractivity contribution in [1.29, 1.82) is 5.26 Å². The van der Waals surface area contributed by atoms with E-state index in [-0.39, 0.29) is 13.8 Å². The number of carbonyl (C=O) groups is 2. The highest BCUT2D eigenvalue weighted by Gasteiger charge is 2.31. The average Bonchev–Trinajstić information content (AvgIpc) is 2.13. The van der Waals surface area contributed by atoms with Crippen LogP contribution in [-0.4, -0.2) is 19.4 Å². The molecule has 0 spiro atoms. The fraction of sp³-hybridized carbons (Fsp3) is 0.700. The third-order valence-corrected chi connectivity index (χ3v) is 1.99. The van der Waals surface area contributed by atoms with E-state index in [9.17, 15) is 9.59 Å². The second-order valence-corrected chi connectivity index (χ2v) is 3.36. The van der Waals surface area contributed by atoms with Crippen LogP contribution in [-0.2, 0) is 14.3 Å². The van der Waals surface area contributed by atoms with Gasteiger partial charge in [-0.3, -0.25) is 4.79 Å². The molecular formula is C10H17NO3. The molecule has 0 saturated carbocycles. The number of esters is 1. The van der Waals surface area contributed by atoms with Crippen LogP contribution in [0.2, 0.25) is 0 Å². The van der Waals surface area contributed by atoms with Gasteiger partial charge >= 0.3 is 5.97 Å². The van der Waals surface area contributed by atoms with Gasteiger partial charge in [-0.2, -0.15) is 5.26 Å². The molecule has 0 rings (SSSR count). The molecule has 0 aromatic heterocycles. The van der Waals surface area contributed by atoms with Crippen molar-refractivity contribution in [2.75, 3.05) is 7.11 Å². The Bertz CT molecular complexity index is 240. The molecule has 1 unspecified atom stereocenters. The number of hydrogen-bond donors (Lipinski definition) is 0. The monoisotopic (exact) mass is 199 g/mol. The first-order valence-corrected chi connectivity index (χ1v) is 3.91. The molecule has 0 aromatic carbocycles. The predicted molar refractivity (Wildman–Crippen MR) is 52.3 cm³/mol. The van der Waals surface area contributed by atoms with Crippen LogP contribution in [0.1, 0.15) is 27.7 Å². The fourth-order valence-corrected chi connectivity index (χ4v) is 0.819. The Hall–Kier alpha value is -1.37. The molecule has 0 saturated heterocycles. The van der Waals surface area contributed by atoms with Crippen LogP contribution < -0.4 is 0 Å². The first-order chi connectivity index (χ1) is 5.97. The highest BCUT2D eigenvalue weighted by Crippen LogP contribution is 2.26. The molecule has 0 aliphatic heterocycles. The minimum Gasteiger partial charge on any atom is -0.469 e. The number of hydrogen-bond acceptors (Lipinski definition) is 4. The number of methoxy groups -OCH3 is 1. The second-order valence-electron chi connectivity index (χ2n) is 3.36. The van der Waals surface area contributed by atoms with E-state index in [1.807, 2.05) is 6.07 Å². The number of aldehydes is 1. The maximum absolute atomic E-state index is 10.9. The minimum atomic E-state index is -0.823. The molecule has 0 fully saturated rings. The topological polar surface area (TPSA) is 67.2 Å². The van der Waals surface area contributed by atoms with E-state index in [4.69, 9.17) is 5.26 Å². The Morgan fingerprint density at radius 2 is 2.14 bits per heavy atom. The third kappa shape index (κ3) is 4.04. The molecule has 14 heavy (non-hydrogen) atoms. The summed E-state index contributed by atoms with van der Waals surface area (Å²) in [4.78, 5) is 21.5. The zero-order valence-corrected chi connectivity index (χ0v) is 8.03. The first kappa shape index (κ1) is 15.1. The SMILES string of the molecule is C.COC(=O)CC(C=O)C(C)(C)C#N. The molecule has 4 heteroatoms. The van der Waals surface area contributed by atoms with Crippen LogP contribution in [0.15, 0.2) is 0 Å². The van der Waals surface area contributed by atoms with Crippen LogP contribution in [0.3, 0.4) is 0 Å². The van der Waals surface area contributed by atoms with Gasteiger partial charge in [0.05, 0.1) is 25.0 Å². The van der Waals surface area contributed by atoms with Crippen LogP contribution in [0.4, 0.5) is 0 Å². The van der Waals surface area contributed by atoms with Gasteiger partial charge in [-0.15, -0.1) is 0 Å². The van der Waals surface area contributed by atoms with Crippen molar-refractivity contribution < 1.29 is 14.3 Å². The highest BCUT2D eigenvalue weighted by molar-refractivity contribution is 5.74. The van der Waals surface area contributed by atoms with E-state index >= 15 is 0 Å².